The highest BCUT2D eigenvalue weighted by Gasteiger charge is 2.23. The number of nitro groups is 2. The van der Waals surface area contributed by atoms with Crippen molar-refractivity contribution in [3.63, 3.8) is 0 Å². The number of halogens is 1. The van der Waals surface area contributed by atoms with Crippen molar-refractivity contribution in [2.24, 2.45) is 11.5 Å². The van der Waals surface area contributed by atoms with E-state index < -0.39 is 27.3 Å². The lowest BCUT2D eigenvalue weighted by atomic mass is 10.1. The summed E-state index contributed by atoms with van der Waals surface area (Å²) in [7, 11) is 1.53. The van der Waals surface area contributed by atoms with E-state index in [0.29, 0.717) is 13.0 Å². The number of carbonyl (C=O) groups excluding carboxylic acids is 2. The van der Waals surface area contributed by atoms with Gasteiger partial charge in [0.2, 0.25) is 11.8 Å². The molecule has 37 heavy (non-hydrogen) atoms. The average Bonchev–Trinajstić information content (AvgIpc) is 2.84. The lowest BCUT2D eigenvalue weighted by Crippen LogP contribution is -2.14. The summed E-state index contributed by atoms with van der Waals surface area (Å²) in [5, 5.41) is 28.8. The molecule has 0 heterocycles. The van der Waals surface area contributed by atoms with Crippen molar-refractivity contribution in [2.75, 3.05) is 44.0 Å². The first-order chi connectivity index (χ1) is 17.6. The highest BCUT2D eigenvalue weighted by atomic mass is 79.9. The van der Waals surface area contributed by atoms with Crippen molar-refractivity contribution in [3.05, 3.63) is 72.2 Å². The van der Waals surface area contributed by atoms with E-state index in [0.717, 1.165) is 12.1 Å². The molecule has 0 atom stereocenters. The van der Waals surface area contributed by atoms with E-state index >= 15 is 0 Å². The summed E-state index contributed by atoms with van der Waals surface area (Å²) >= 11 is 3.19. The second-order valence-electron chi connectivity index (χ2n) is 7.39. The zero-order valence-corrected chi connectivity index (χ0v) is 21.3. The molecule has 0 bridgehead atoms. The maximum atomic E-state index is 11.6. The Labute approximate surface area is 219 Å². The summed E-state index contributed by atoms with van der Waals surface area (Å²) in [5.74, 6) is -1.56. The standard InChI is InChI=1S/C22H25BrN6O8/c1-36-7-4-8-37-18-12-14(22(25)31)11-17(29(34)35)20(18)27-6-3-2-5-26-19-15(23)9-13(21(24)30)10-16(19)28(32)33/h2-3,9-12,26-27H,4-8H2,1H3,(H2,24,30)(H2,25,31)/b3-2+. The smallest absolute Gasteiger partial charge is 0.296 e. The highest BCUT2D eigenvalue weighted by molar-refractivity contribution is 9.10. The normalized spacial score (nSPS) is 10.8. The Morgan fingerprint density at radius 1 is 0.919 bits per heavy atom. The number of methoxy groups -OCH3 is 1. The van der Waals surface area contributed by atoms with Crippen LogP contribution in [0.25, 0.3) is 0 Å². The molecule has 0 aliphatic carbocycles. The van der Waals surface area contributed by atoms with Gasteiger partial charge in [-0.2, -0.15) is 0 Å². The number of ether oxygens (including phenoxy) is 2. The van der Waals surface area contributed by atoms with Gasteiger partial charge in [-0.1, -0.05) is 12.2 Å². The number of rotatable bonds is 15. The van der Waals surface area contributed by atoms with Gasteiger partial charge >= 0.3 is 0 Å². The SMILES string of the molecule is COCCCOc1cc(C(N)=O)cc([N+](=O)[O-])c1NC/C=C/CNc1c(Br)cc(C(N)=O)cc1[N+](=O)[O-]. The summed E-state index contributed by atoms with van der Waals surface area (Å²) in [6.45, 7) is 0.871. The number of amides is 2. The van der Waals surface area contributed by atoms with Gasteiger partial charge in [-0.05, 0) is 28.1 Å². The number of hydrogen-bond donors (Lipinski definition) is 4. The zero-order chi connectivity index (χ0) is 27.5. The van der Waals surface area contributed by atoms with E-state index in [4.69, 9.17) is 20.9 Å². The van der Waals surface area contributed by atoms with Gasteiger partial charge in [0.1, 0.15) is 11.4 Å². The van der Waals surface area contributed by atoms with Gasteiger partial charge in [-0.25, -0.2) is 0 Å². The van der Waals surface area contributed by atoms with E-state index in [1.807, 2.05) is 0 Å². The van der Waals surface area contributed by atoms with Gasteiger partial charge in [-0.3, -0.25) is 29.8 Å². The van der Waals surface area contributed by atoms with Crippen molar-refractivity contribution in [3.8, 4) is 5.75 Å². The molecule has 0 saturated heterocycles. The molecule has 2 aromatic carbocycles. The molecule has 2 amide bonds. The van der Waals surface area contributed by atoms with Crippen LogP contribution in [0.2, 0.25) is 0 Å². The Bertz CT molecular complexity index is 1220. The third-order valence-corrected chi connectivity index (χ3v) is 5.45. The first-order valence-electron chi connectivity index (χ1n) is 10.7. The largest absolute Gasteiger partial charge is 0.491 e. The summed E-state index contributed by atoms with van der Waals surface area (Å²) in [6, 6.07) is 4.82. The van der Waals surface area contributed by atoms with Crippen LogP contribution in [-0.2, 0) is 4.74 Å². The number of benzene rings is 2. The maximum Gasteiger partial charge on any atom is 0.296 e. The molecule has 0 fully saturated rings. The van der Waals surface area contributed by atoms with E-state index in [2.05, 4.69) is 26.6 Å². The third kappa shape index (κ3) is 8.15. The number of nitrogens with one attached hydrogen (secondary N) is 2. The minimum atomic E-state index is -0.841. The Kier molecular flexibility index (Phi) is 10.8. The fraction of sp³-hybridized carbons (Fsp3) is 0.273. The van der Waals surface area contributed by atoms with Gasteiger partial charge < -0.3 is 31.6 Å². The van der Waals surface area contributed by atoms with Crippen LogP contribution in [0, 0.1) is 20.2 Å². The fourth-order valence-corrected chi connectivity index (χ4v) is 3.70. The van der Waals surface area contributed by atoms with E-state index in [9.17, 15) is 29.8 Å². The molecule has 6 N–H and O–H groups in total. The van der Waals surface area contributed by atoms with Crippen LogP contribution in [0.1, 0.15) is 27.1 Å². The van der Waals surface area contributed by atoms with E-state index in [-0.39, 0.29) is 58.1 Å². The quantitative estimate of drug-likeness (QED) is 0.104. The molecular weight excluding hydrogens is 556 g/mol. The molecule has 0 aliphatic heterocycles. The van der Waals surface area contributed by atoms with Crippen LogP contribution in [0.15, 0.2) is 40.9 Å². The Hall–Kier alpha value is -4.24. The average molecular weight is 581 g/mol. The van der Waals surface area contributed by atoms with Crippen LogP contribution in [-0.4, -0.2) is 55.1 Å². The second kappa shape index (κ2) is 13.7. The van der Waals surface area contributed by atoms with Crippen LogP contribution in [0.4, 0.5) is 22.7 Å². The predicted octanol–water partition coefficient (Wildman–Crippen LogP) is 2.96. The molecule has 0 aromatic heterocycles. The first-order valence-corrected chi connectivity index (χ1v) is 11.5. The van der Waals surface area contributed by atoms with Crippen molar-refractivity contribution < 1.29 is 28.9 Å². The molecule has 0 unspecified atom stereocenters. The summed E-state index contributed by atoms with van der Waals surface area (Å²) in [4.78, 5) is 44.7. The maximum absolute atomic E-state index is 11.6. The van der Waals surface area contributed by atoms with Crippen molar-refractivity contribution >= 4 is 50.5 Å². The minimum Gasteiger partial charge on any atom is -0.491 e. The van der Waals surface area contributed by atoms with Crippen LogP contribution < -0.4 is 26.8 Å². The van der Waals surface area contributed by atoms with Crippen LogP contribution >= 0.6 is 15.9 Å². The lowest BCUT2D eigenvalue weighted by molar-refractivity contribution is -0.384. The fourth-order valence-electron chi connectivity index (χ4n) is 3.11. The monoisotopic (exact) mass is 580 g/mol. The Morgan fingerprint density at radius 3 is 1.95 bits per heavy atom. The van der Waals surface area contributed by atoms with E-state index in [1.165, 1.54) is 19.2 Å². The molecule has 14 nitrogen and oxygen atoms in total. The predicted molar refractivity (Wildman–Crippen MR) is 139 cm³/mol. The van der Waals surface area contributed by atoms with E-state index in [1.54, 1.807) is 12.2 Å². The number of primary amides is 2. The number of carbonyl (C=O) groups is 2. The number of nitro benzene ring substituents is 2. The minimum absolute atomic E-state index is 0.0203. The molecule has 2 aromatic rings. The van der Waals surface area contributed by atoms with Gasteiger partial charge in [0, 0.05) is 61.0 Å². The molecule has 198 valence electrons. The highest BCUT2D eigenvalue weighted by Crippen LogP contribution is 2.36. The number of nitrogens with zero attached hydrogens (tertiary/aromatic N) is 2. The third-order valence-electron chi connectivity index (χ3n) is 4.82. The van der Waals surface area contributed by atoms with Gasteiger partial charge in [-0.15, -0.1) is 0 Å². The van der Waals surface area contributed by atoms with Crippen molar-refractivity contribution in [1.82, 2.24) is 0 Å². The molecule has 15 heteroatoms. The van der Waals surface area contributed by atoms with Gasteiger partial charge in [0.05, 0.1) is 16.5 Å². The summed E-state index contributed by atoms with van der Waals surface area (Å²) in [5.41, 5.74) is 9.89. The molecule has 0 aliphatic rings. The molecule has 0 spiro atoms. The Balaban J connectivity index is 2.15. The van der Waals surface area contributed by atoms with Gasteiger partial charge in [0.25, 0.3) is 11.4 Å². The zero-order valence-electron chi connectivity index (χ0n) is 19.7. The van der Waals surface area contributed by atoms with Crippen molar-refractivity contribution in [1.29, 1.82) is 0 Å². The van der Waals surface area contributed by atoms with Gasteiger partial charge in [0.15, 0.2) is 5.69 Å². The number of hydrogen-bond acceptors (Lipinski definition) is 10. The molecule has 0 saturated carbocycles. The second-order valence-corrected chi connectivity index (χ2v) is 8.25. The number of nitrogens with two attached hydrogens (primary N) is 2. The lowest BCUT2D eigenvalue weighted by Gasteiger charge is -2.14. The number of anilines is 2. The Morgan fingerprint density at radius 2 is 1.43 bits per heavy atom. The topological polar surface area (TPSA) is 215 Å². The molecule has 2 rings (SSSR count). The molecule has 0 radical (unpaired) electrons. The summed E-state index contributed by atoms with van der Waals surface area (Å²) in [6.07, 6.45) is 3.77. The van der Waals surface area contributed by atoms with Crippen molar-refractivity contribution in [2.45, 2.75) is 6.42 Å². The first kappa shape index (κ1) is 29.0. The summed E-state index contributed by atoms with van der Waals surface area (Å²) < 4.78 is 10.9. The van der Waals surface area contributed by atoms with Crippen LogP contribution in [0.5, 0.6) is 5.75 Å². The molecular formula is C22H25BrN6O8. The van der Waals surface area contributed by atoms with Crippen LogP contribution in [0.3, 0.4) is 0 Å².